The van der Waals surface area contributed by atoms with Gasteiger partial charge in [-0.05, 0) is 71.5 Å². The van der Waals surface area contributed by atoms with Gasteiger partial charge < -0.3 is 21.3 Å². The van der Waals surface area contributed by atoms with Crippen molar-refractivity contribution in [3.63, 3.8) is 0 Å². The summed E-state index contributed by atoms with van der Waals surface area (Å²) in [5.41, 5.74) is 10.7. The van der Waals surface area contributed by atoms with Gasteiger partial charge in [-0.1, -0.05) is 36.4 Å². The molecule has 6 rings (SSSR count). The lowest BCUT2D eigenvalue weighted by Gasteiger charge is -2.16. The summed E-state index contributed by atoms with van der Waals surface area (Å²) in [4.78, 5) is 32.1. The lowest BCUT2D eigenvalue weighted by molar-refractivity contribution is -0.119. The van der Waals surface area contributed by atoms with Gasteiger partial charge in [0.25, 0.3) is 0 Å². The lowest BCUT2D eigenvalue weighted by Crippen LogP contribution is -2.30. The Morgan fingerprint density at radius 3 is 1.46 bits per heavy atom. The van der Waals surface area contributed by atoms with Gasteiger partial charge in [0.15, 0.2) is 11.3 Å². The van der Waals surface area contributed by atoms with Gasteiger partial charge >= 0.3 is 0 Å². The van der Waals surface area contributed by atoms with Gasteiger partial charge in [0.2, 0.25) is 11.8 Å². The summed E-state index contributed by atoms with van der Waals surface area (Å²) >= 11 is 0. The first-order chi connectivity index (χ1) is 24.3. The van der Waals surface area contributed by atoms with Crippen molar-refractivity contribution in [2.75, 3.05) is 26.2 Å². The molecule has 258 valence electrons. The number of carbonyl (C=O) groups excluding carboxylic acids is 2. The zero-order valence-electron chi connectivity index (χ0n) is 29.1. The van der Waals surface area contributed by atoms with Crippen LogP contribution in [0.25, 0.3) is 33.2 Å². The minimum atomic E-state index is -0.0328. The third-order valence-corrected chi connectivity index (χ3v) is 8.87. The van der Waals surface area contributed by atoms with E-state index in [1.807, 2.05) is 33.9 Å². The summed E-state index contributed by atoms with van der Waals surface area (Å²) in [6, 6.07) is 21.1. The number of nitrogens with zero attached hydrogens (tertiary/aromatic N) is 6. The summed E-state index contributed by atoms with van der Waals surface area (Å²) in [5, 5.41) is 23.6. The van der Waals surface area contributed by atoms with Crippen molar-refractivity contribution in [1.29, 1.82) is 0 Å². The minimum Gasteiger partial charge on any atom is -0.355 e. The lowest BCUT2D eigenvalue weighted by atomic mass is 9.91. The first-order valence-electron chi connectivity index (χ1n) is 17.0. The van der Waals surface area contributed by atoms with E-state index in [1.54, 1.807) is 0 Å². The molecule has 2 aromatic carbocycles. The predicted molar refractivity (Wildman–Crippen MR) is 195 cm³/mol. The zero-order valence-corrected chi connectivity index (χ0v) is 29.1. The molecular formula is C38H44N10O2. The van der Waals surface area contributed by atoms with Gasteiger partial charge in [-0.2, -0.15) is 10.2 Å². The Hall–Kier alpha value is -5.46. The van der Waals surface area contributed by atoms with Crippen LogP contribution in [-0.4, -0.2) is 67.5 Å². The molecule has 50 heavy (non-hydrogen) atoms. The predicted octanol–water partition coefficient (Wildman–Crippen LogP) is 4.01. The average Bonchev–Trinajstić information content (AvgIpc) is 3.69. The van der Waals surface area contributed by atoms with E-state index in [0.717, 1.165) is 33.5 Å². The topological polar surface area (TPSA) is 144 Å². The maximum atomic E-state index is 11.1. The van der Waals surface area contributed by atoms with Gasteiger partial charge in [-0.3, -0.25) is 9.59 Å². The summed E-state index contributed by atoms with van der Waals surface area (Å²) in [5.74, 6) is -0.0656. The first-order valence-corrected chi connectivity index (χ1v) is 17.0. The maximum Gasteiger partial charge on any atom is 0.216 e. The fourth-order valence-corrected chi connectivity index (χ4v) is 6.12. The van der Waals surface area contributed by atoms with Gasteiger partial charge in [-0.25, -0.2) is 19.3 Å². The fraction of sp³-hybridized carbons (Fsp3) is 0.316. The van der Waals surface area contributed by atoms with Crippen LogP contribution in [-0.2, 0) is 35.8 Å². The molecule has 12 heteroatoms. The summed E-state index contributed by atoms with van der Waals surface area (Å²) in [6.07, 6.45) is 3.73. The molecule has 0 aliphatic heterocycles. The van der Waals surface area contributed by atoms with Crippen molar-refractivity contribution in [2.45, 2.75) is 53.9 Å². The average molecular weight is 673 g/mol. The molecule has 0 atom stereocenters. The summed E-state index contributed by atoms with van der Waals surface area (Å²) in [7, 11) is 0. The van der Waals surface area contributed by atoms with E-state index in [0.29, 0.717) is 52.4 Å². The van der Waals surface area contributed by atoms with Crippen LogP contribution >= 0.6 is 0 Å². The van der Waals surface area contributed by atoms with E-state index in [4.69, 9.17) is 20.2 Å². The molecule has 0 radical (unpaired) electrons. The number of amides is 2. The third kappa shape index (κ3) is 8.21. The highest BCUT2D eigenvalue weighted by Crippen LogP contribution is 2.31. The molecule has 4 N–H and O–H groups in total. The first kappa shape index (κ1) is 34.4. The molecule has 0 spiro atoms. The quantitative estimate of drug-likeness (QED) is 0.120. The number of rotatable bonds is 15. The van der Waals surface area contributed by atoms with Crippen LogP contribution in [0.5, 0.6) is 0 Å². The highest BCUT2D eigenvalue weighted by molar-refractivity contribution is 5.77. The number of hydrogen-bond acceptors (Lipinski definition) is 8. The minimum absolute atomic E-state index is 0.0328. The Labute approximate surface area is 291 Å². The van der Waals surface area contributed by atoms with E-state index in [2.05, 4.69) is 83.6 Å². The van der Waals surface area contributed by atoms with Crippen molar-refractivity contribution in [3.05, 3.63) is 107 Å². The second-order valence-corrected chi connectivity index (χ2v) is 12.5. The second-order valence-electron chi connectivity index (χ2n) is 12.5. The van der Waals surface area contributed by atoms with E-state index < -0.39 is 0 Å². The normalized spacial score (nSPS) is 11.4. The summed E-state index contributed by atoms with van der Waals surface area (Å²) in [6.45, 7) is 12.3. The Bertz CT molecular complexity index is 1980. The van der Waals surface area contributed by atoms with Gasteiger partial charge in [0.1, 0.15) is 0 Å². The van der Waals surface area contributed by atoms with Crippen molar-refractivity contribution >= 4 is 33.9 Å². The molecule has 0 saturated heterocycles. The van der Waals surface area contributed by atoms with Gasteiger partial charge in [0, 0.05) is 63.9 Å². The van der Waals surface area contributed by atoms with Crippen LogP contribution in [0.3, 0.4) is 0 Å². The molecule has 0 aliphatic carbocycles. The van der Waals surface area contributed by atoms with Crippen LogP contribution in [0.1, 0.15) is 47.5 Å². The molecular weight excluding hydrogens is 628 g/mol. The van der Waals surface area contributed by atoms with Crippen LogP contribution in [0, 0.1) is 13.8 Å². The Balaban J connectivity index is 1.18. The number of hydrogen-bond donors (Lipinski definition) is 4. The zero-order chi connectivity index (χ0) is 35.0. The highest BCUT2D eigenvalue weighted by atomic mass is 16.2. The maximum absolute atomic E-state index is 11.1. The fourth-order valence-electron chi connectivity index (χ4n) is 6.12. The highest BCUT2D eigenvalue weighted by Gasteiger charge is 2.15. The number of benzene rings is 2. The Morgan fingerprint density at radius 1 is 0.600 bits per heavy atom. The smallest absolute Gasteiger partial charge is 0.216 e. The third-order valence-electron chi connectivity index (χ3n) is 8.87. The number of carbonyl (C=O) groups is 2. The number of nitrogens with one attached hydrogen (secondary N) is 4. The molecule has 0 fully saturated rings. The molecule has 4 aromatic heterocycles. The van der Waals surface area contributed by atoms with Gasteiger partial charge in [0.05, 0.1) is 36.9 Å². The van der Waals surface area contributed by atoms with E-state index >= 15 is 0 Å². The molecule has 2 amide bonds. The molecule has 0 aliphatic rings. The van der Waals surface area contributed by atoms with Crippen LogP contribution in [0.4, 0.5) is 0 Å². The summed E-state index contributed by atoms with van der Waals surface area (Å²) < 4.78 is 3.93. The molecule has 0 saturated carbocycles. The van der Waals surface area contributed by atoms with Crippen LogP contribution in [0.15, 0.2) is 73.1 Å². The Kier molecular flexibility index (Phi) is 10.9. The van der Waals surface area contributed by atoms with Gasteiger partial charge in [-0.15, -0.1) is 0 Å². The van der Waals surface area contributed by atoms with Crippen molar-refractivity contribution in [1.82, 2.24) is 50.8 Å². The molecule has 6 aromatic rings. The SMILES string of the molecule is CC(=O)NCCNCc1ccc2cnn(Cc3cccc(-c4cccc(Cn5ncc6ccc(CNCCNC(C)=O)nc65)c4C)c3C)c2n1. The van der Waals surface area contributed by atoms with E-state index in [1.165, 1.54) is 47.2 Å². The number of fused-ring (bicyclic) bond motifs is 2. The Morgan fingerprint density at radius 2 is 1.04 bits per heavy atom. The molecule has 0 bridgehead atoms. The van der Waals surface area contributed by atoms with E-state index in [9.17, 15) is 9.59 Å². The second kappa shape index (κ2) is 15.8. The van der Waals surface area contributed by atoms with E-state index in [-0.39, 0.29) is 11.8 Å². The van der Waals surface area contributed by atoms with Crippen molar-refractivity contribution in [3.8, 4) is 11.1 Å². The number of pyridine rings is 2. The van der Waals surface area contributed by atoms with Crippen molar-refractivity contribution < 1.29 is 9.59 Å². The largest absolute Gasteiger partial charge is 0.355 e. The monoisotopic (exact) mass is 672 g/mol. The molecule has 0 unspecified atom stereocenters. The van der Waals surface area contributed by atoms with Crippen molar-refractivity contribution in [2.24, 2.45) is 0 Å². The molecule has 4 heterocycles. The van der Waals surface area contributed by atoms with Crippen LogP contribution < -0.4 is 21.3 Å². The standard InChI is InChI=1S/C38H44N10O2/c1-25-31(23-47-37-29(19-43-47)11-13-33(45-37)21-39-15-17-41-27(3)49)7-5-9-35(25)36-10-6-8-32(26(36)2)24-48-38-30(20-44-48)12-14-34(46-38)22-40-16-18-42-28(4)50/h5-14,19-20,39-40H,15-18,21-24H2,1-4H3,(H,41,49)(H,42,50). The van der Waals surface area contributed by atoms with Crippen LogP contribution in [0.2, 0.25) is 0 Å². The molecule has 12 nitrogen and oxygen atoms in total. The number of aromatic nitrogens is 6.